The average Bonchev–Trinajstić information content (AvgIpc) is 2.95. The number of hydrogen-bond acceptors (Lipinski definition) is 2. The first-order valence-corrected chi connectivity index (χ1v) is 13.3. The van der Waals surface area contributed by atoms with Crippen LogP contribution in [0.2, 0.25) is 0 Å². The van der Waals surface area contributed by atoms with Crippen LogP contribution >= 0.6 is 0 Å². The van der Waals surface area contributed by atoms with Gasteiger partial charge in [0.1, 0.15) is 0 Å². The molecule has 201 valence electrons. The first kappa shape index (κ1) is 30.2. The van der Waals surface area contributed by atoms with E-state index < -0.39 is 0 Å². The van der Waals surface area contributed by atoms with Gasteiger partial charge in [-0.15, -0.1) is 71.3 Å². The number of hydrogen-bond donors (Lipinski definition) is 0. The van der Waals surface area contributed by atoms with E-state index in [1.54, 1.807) is 0 Å². The second-order valence-corrected chi connectivity index (χ2v) is 10.3. The van der Waals surface area contributed by atoms with Crippen LogP contribution in [0.15, 0.2) is 103 Å². The summed E-state index contributed by atoms with van der Waals surface area (Å²) in [5.74, 6) is 1.03. The number of benzene rings is 3. The van der Waals surface area contributed by atoms with Crippen LogP contribution in [0.3, 0.4) is 0 Å². The number of pyridine rings is 2. The SMILES string of the molecule is CC(c1ccccc1)c1ccnc(-c2[c-]cccc2)c1.Cc1c[c-]c(-c2cc(CC(C)C)c(C)cn2)cc1.[Ir]. The zero-order valence-corrected chi connectivity index (χ0v) is 25.8. The third-order valence-corrected chi connectivity index (χ3v) is 6.66. The predicted molar refractivity (Wildman–Crippen MR) is 159 cm³/mol. The standard InChI is InChI=1S/C19H16N.C17H20N.Ir/c1-15(16-8-4-2-5-9-16)18-12-13-20-19(14-18)17-10-6-3-7-11-17;1-12(2)9-16-10-17(18-11-14(16)4)15-7-5-13(3)6-8-15;/h2-10,12-15H,1H3;5-7,10-12H,9H2,1-4H3;/q2*-1;. The molecule has 0 aliphatic carbocycles. The van der Waals surface area contributed by atoms with Gasteiger partial charge in [-0.2, -0.15) is 0 Å². The van der Waals surface area contributed by atoms with E-state index in [-0.39, 0.29) is 20.1 Å². The third kappa shape index (κ3) is 8.55. The maximum Gasteiger partial charge on any atom is 0.0192 e. The Hall–Kier alpha value is -3.39. The topological polar surface area (TPSA) is 25.8 Å². The molecule has 1 radical (unpaired) electrons. The quantitative estimate of drug-likeness (QED) is 0.167. The summed E-state index contributed by atoms with van der Waals surface area (Å²) in [6, 6.07) is 37.7. The fraction of sp³-hybridized carbons (Fsp3) is 0.222. The Morgan fingerprint density at radius 3 is 2.10 bits per heavy atom. The summed E-state index contributed by atoms with van der Waals surface area (Å²) in [4.78, 5) is 8.97. The molecule has 2 nitrogen and oxygen atoms in total. The minimum atomic E-state index is 0. The second kappa shape index (κ2) is 14.7. The van der Waals surface area contributed by atoms with Crippen LogP contribution < -0.4 is 0 Å². The van der Waals surface area contributed by atoms with Crippen LogP contribution in [0.1, 0.15) is 54.5 Å². The summed E-state index contributed by atoms with van der Waals surface area (Å²) in [6.45, 7) is 10.9. The Balaban J connectivity index is 0.000000211. The van der Waals surface area contributed by atoms with Gasteiger partial charge in [-0.3, -0.25) is 0 Å². The molecule has 0 aliphatic rings. The zero-order valence-electron chi connectivity index (χ0n) is 23.4. The van der Waals surface area contributed by atoms with Gasteiger partial charge in [0, 0.05) is 38.4 Å². The van der Waals surface area contributed by atoms with Crippen molar-refractivity contribution in [2.75, 3.05) is 0 Å². The molecule has 39 heavy (non-hydrogen) atoms. The molecular weight excluding hydrogens is 653 g/mol. The number of aromatic nitrogens is 2. The summed E-state index contributed by atoms with van der Waals surface area (Å²) in [7, 11) is 0. The average molecular weight is 689 g/mol. The van der Waals surface area contributed by atoms with Crippen molar-refractivity contribution in [2.24, 2.45) is 5.92 Å². The molecule has 2 aromatic heterocycles. The molecule has 0 fully saturated rings. The normalized spacial score (nSPS) is 11.2. The Morgan fingerprint density at radius 2 is 1.44 bits per heavy atom. The van der Waals surface area contributed by atoms with E-state index in [1.165, 1.54) is 27.8 Å². The van der Waals surface area contributed by atoms with Crippen molar-refractivity contribution in [1.29, 1.82) is 0 Å². The Kier molecular flexibility index (Phi) is 11.3. The van der Waals surface area contributed by atoms with E-state index in [9.17, 15) is 0 Å². The summed E-state index contributed by atoms with van der Waals surface area (Å²) in [6.07, 6.45) is 4.96. The van der Waals surface area contributed by atoms with Crippen molar-refractivity contribution < 1.29 is 20.1 Å². The van der Waals surface area contributed by atoms with Gasteiger partial charge < -0.3 is 9.97 Å². The fourth-order valence-electron chi connectivity index (χ4n) is 4.38. The minimum absolute atomic E-state index is 0. The van der Waals surface area contributed by atoms with E-state index in [1.807, 2.05) is 48.8 Å². The first-order valence-electron chi connectivity index (χ1n) is 13.3. The summed E-state index contributed by atoms with van der Waals surface area (Å²) >= 11 is 0. The maximum absolute atomic E-state index is 4.51. The van der Waals surface area contributed by atoms with Gasteiger partial charge in [-0.25, -0.2) is 0 Å². The van der Waals surface area contributed by atoms with Crippen LogP contribution in [-0.2, 0) is 26.5 Å². The van der Waals surface area contributed by atoms with Crippen LogP contribution in [-0.4, -0.2) is 9.97 Å². The zero-order chi connectivity index (χ0) is 26.9. The molecule has 0 spiro atoms. The van der Waals surface area contributed by atoms with Gasteiger partial charge in [0.2, 0.25) is 0 Å². The van der Waals surface area contributed by atoms with Crippen molar-refractivity contribution in [3.05, 3.63) is 143 Å². The molecule has 2 heterocycles. The minimum Gasteiger partial charge on any atom is -0.305 e. The van der Waals surface area contributed by atoms with E-state index in [0.717, 1.165) is 28.9 Å². The van der Waals surface area contributed by atoms with Crippen LogP contribution in [0, 0.1) is 31.9 Å². The van der Waals surface area contributed by atoms with Crippen molar-refractivity contribution >= 4 is 0 Å². The molecular formula is C36H36IrN2-2. The van der Waals surface area contributed by atoms with E-state index in [2.05, 4.69) is 111 Å². The van der Waals surface area contributed by atoms with Crippen molar-refractivity contribution in [3.63, 3.8) is 0 Å². The van der Waals surface area contributed by atoms with Crippen LogP contribution in [0.4, 0.5) is 0 Å². The molecule has 0 saturated carbocycles. The molecule has 1 unspecified atom stereocenters. The van der Waals surface area contributed by atoms with E-state index in [4.69, 9.17) is 0 Å². The Morgan fingerprint density at radius 1 is 0.718 bits per heavy atom. The second-order valence-electron chi connectivity index (χ2n) is 10.3. The monoisotopic (exact) mass is 689 g/mol. The molecule has 0 aliphatic heterocycles. The van der Waals surface area contributed by atoms with Crippen molar-refractivity contribution in [1.82, 2.24) is 9.97 Å². The number of nitrogens with zero attached hydrogens (tertiary/aromatic N) is 2. The van der Waals surface area contributed by atoms with Crippen LogP contribution in [0.25, 0.3) is 22.5 Å². The molecule has 5 aromatic rings. The van der Waals surface area contributed by atoms with Gasteiger partial charge in [0.05, 0.1) is 0 Å². The van der Waals surface area contributed by atoms with Crippen molar-refractivity contribution in [2.45, 2.75) is 47.0 Å². The largest absolute Gasteiger partial charge is 0.305 e. The fourth-order valence-corrected chi connectivity index (χ4v) is 4.38. The van der Waals surface area contributed by atoms with Crippen LogP contribution in [0.5, 0.6) is 0 Å². The maximum atomic E-state index is 4.51. The Bertz CT molecular complexity index is 1430. The summed E-state index contributed by atoms with van der Waals surface area (Å²) in [5, 5.41) is 0. The number of rotatable bonds is 6. The Labute approximate surface area is 248 Å². The van der Waals surface area contributed by atoms with Crippen molar-refractivity contribution in [3.8, 4) is 22.5 Å². The smallest absolute Gasteiger partial charge is 0.0192 e. The molecule has 0 amide bonds. The van der Waals surface area contributed by atoms with Gasteiger partial charge in [0.25, 0.3) is 0 Å². The molecule has 3 heteroatoms. The third-order valence-electron chi connectivity index (χ3n) is 6.66. The number of aryl methyl sites for hydroxylation is 2. The molecule has 5 rings (SSSR count). The summed E-state index contributed by atoms with van der Waals surface area (Å²) < 4.78 is 0. The molecule has 1 atom stereocenters. The predicted octanol–water partition coefficient (Wildman–Crippen LogP) is 9.06. The summed E-state index contributed by atoms with van der Waals surface area (Å²) in [5.41, 5.74) is 10.6. The van der Waals surface area contributed by atoms with E-state index >= 15 is 0 Å². The van der Waals surface area contributed by atoms with Gasteiger partial charge in [-0.05, 0) is 53.4 Å². The van der Waals surface area contributed by atoms with Gasteiger partial charge in [0.15, 0.2) is 0 Å². The first-order chi connectivity index (χ1) is 18.4. The molecule has 0 saturated heterocycles. The van der Waals surface area contributed by atoms with Gasteiger partial charge in [-0.1, -0.05) is 75.7 Å². The van der Waals surface area contributed by atoms with Gasteiger partial charge >= 0.3 is 0 Å². The molecule has 0 bridgehead atoms. The van der Waals surface area contributed by atoms with E-state index in [0.29, 0.717) is 11.8 Å². The molecule has 0 N–H and O–H groups in total. The molecule has 3 aromatic carbocycles.